The lowest BCUT2D eigenvalue weighted by molar-refractivity contribution is -0.137. The van der Waals surface area contributed by atoms with Gasteiger partial charge in [0.1, 0.15) is 0 Å². The standard InChI is InChI=1S/C21H24F3N3O3S/c22-21(23,24)18-7-4-8-19(15-18)31(29,30)27-13-11-26(12-14-27)16-20(28)25-10-9-17-5-2-1-3-6-17/h1-8,15H,9-14,16H2,(H,25,28). The van der Waals surface area contributed by atoms with Gasteiger partial charge < -0.3 is 5.32 Å². The Morgan fingerprint density at radius 2 is 1.65 bits per heavy atom. The number of piperazine rings is 1. The van der Waals surface area contributed by atoms with Crippen LogP contribution in [-0.2, 0) is 27.4 Å². The van der Waals surface area contributed by atoms with Crippen molar-refractivity contribution in [2.45, 2.75) is 17.5 Å². The van der Waals surface area contributed by atoms with Crippen LogP contribution in [0.25, 0.3) is 0 Å². The van der Waals surface area contributed by atoms with E-state index in [9.17, 15) is 26.4 Å². The summed E-state index contributed by atoms with van der Waals surface area (Å²) in [5.41, 5.74) is 0.121. The first-order valence-electron chi connectivity index (χ1n) is 9.86. The van der Waals surface area contributed by atoms with Crippen molar-refractivity contribution >= 4 is 15.9 Å². The topological polar surface area (TPSA) is 69.7 Å². The summed E-state index contributed by atoms with van der Waals surface area (Å²) in [4.78, 5) is 13.6. The summed E-state index contributed by atoms with van der Waals surface area (Å²) < 4.78 is 65.3. The maximum absolute atomic E-state index is 12.9. The van der Waals surface area contributed by atoms with E-state index < -0.39 is 21.8 Å². The molecule has 1 fully saturated rings. The molecule has 0 saturated carbocycles. The molecule has 0 aliphatic carbocycles. The lowest BCUT2D eigenvalue weighted by Crippen LogP contribution is -2.51. The molecular formula is C21H24F3N3O3S. The number of rotatable bonds is 7. The number of hydrogen-bond donors (Lipinski definition) is 1. The highest BCUT2D eigenvalue weighted by Crippen LogP contribution is 2.31. The minimum Gasteiger partial charge on any atom is -0.355 e. The number of halogens is 3. The molecular weight excluding hydrogens is 431 g/mol. The molecule has 0 atom stereocenters. The molecule has 2 aromatic carbocycles. The van der Waals surface area contributed by atoms with Gasteiger partial charge >= 0.3 is 6.18 Å². The summed E-state index contributed by atoms with van der Waals surface area (Å²) in [6.45, 7) is 1.51. The van der Waals surface area contributed by atoms with Crippen molar-refractivity contribution in [3.05, 3.63) is 65.7 Å². The molecule has 1 aliphatic rings. The monoisotopic (exact) mass is 455 g/mol. The van der Waals surface area contributed by atoms with Crippen molar-refractivity contribution in [3.8, 4) is 0 Å². The van der Waals surface area contributed by atoms with Gasteiger partial charge in [0.15, 0.2) is 0 Å². The van der Waals surface area contributed by atoms with Crippen LogP contribution in [0.2, 0.25) is 0 Å². The van der Waals surface area contributed by atoms with Crippen molar-refractivity contribution in [1.29, 1.82) is 0 Å². The third kappa shape index (κ3) is 6.28. The van der Waals surface area contributed by atoms with E-state index >= 15 is 0 Å². The molecule has 1 heterocycles. The fourth-order valence-electron chi connectivity index (χ4n) is 3.36. The van der Waals surface area contributed by atoms with E-state index in [0.717, 1.165) is 34.5 Å². The highest BCUT2D eigenvalue weighted by atomic mass is 32.2. The van der Waals surface area contributed by atoms with Crippen LogP contribution in [0.3, 0.4) is 0 Å². The number of amides is 1. The van der Waals surface area contributed by atoms with Crippen LogP contribution in [0.15, 0.2) is 59.5 Å². The van der Waals surface area contributed by atoms with Gasteiger partial charge in [0.05, 0.1) is 17.0 Å². The van der Waals surface area contributed by atoms with E-state index in [0.29, 0.717) is 25.7 Å². The second kappa shape index (κ2) is 9.80. The molecule has 2 aromatic rings. The molecule has 6 nitrogen and oxygen atoms in total. The Kier molecular flexibility index (Phi) is 7.34. The normalized spacial score (nSPS) is 16.2. The zero-order valence-electron chi connectivity index (χ0n) is 16.8. The molecule has 31 heavy (non-hydrogen) atoms. The number of nitrogens with one attached hydrogen (secondary N) is 1. The predicted molar refractivity (Wildman–Crippen MR) is 110 cm³/mol. The summed E-state index contributed by atoms with van der Waals surface area (Å²) in [5, 5.41) is 2.85. The van der Waals surface area contributed by atoms with Gasteiger partial charge in [0, 0.05) is 32.7 Å². The number of alkyl halides is 3. The van der Waals surface area contributed by atoms with Crippen LogP contribution < -0.4 is 5.32 Å². The molecule has 10 heteroatoms. The maximum Gasteiger partial charge on any atom is 0.416 e. The lowest BCUT2D eigenvalue weighted by atomic mass is 10.1. The number of carbonyl (C=O) groups is 1. The third-order valence-corrected chi connectivity index (χ3v) is 6.97. The van der Waals surface area contributed by atoms with E-state index in [2.05, 4.69) is 5.32 Å². The van der Waals surface area contributed by atoms with Gasteiger partial charge in [-0.3, -0.25) is 9.69 Å². The summed E-state index contributed by atoms with van der Waals surface area (Å²) in [6.07, 6.45) is -3.90. The lowest BCUT2D eigenvalue weighted by Gasteiger charge is -2.33. The van der Waals surface area contributed by atoms with Gasteiger partial charge in [0.2, 0.25) is 15.9 Å². The van der Waals surface area contributed by atoms with Gasteiger partial charge in [-0.1, -0.05) is 36.4 Å². The molecule has 0 bridgehead atoms. The van der Waals surface area contributed by atoms with Crippen molar-refractivity contribution < 1.29 is 26.4 Å². The number of benzene rings is 2. The molecule has 1 saturated heterocycles. The van der Waals surface area contributed by atoms with Gasteiger partial charge in [-0.25, -0.2) is 8.42 Å². The fourth-order valence-corrected chi connectivity index (χ4v) is 4.83. The van der Waals surface area contributed by atoms with Crippen molar-refractivity contribution in [2.75, 3.05) is 39.3 Å². The van der Waals surface area contributed by atoms with Gasteiger partial charge in [-0.05, 0) is 30.2 Å². The first-order chi connectivity index (χ1) is 14.7. The average Bonchev–Trinajstić information content (AvgIpc) is 2.74. The summed E-state index contributed by atoms with van der Waals surface area (Å²) in [6, 6.07) is 13.5. The number of carbonyl (C=O) groups excluding carboxylic acids is 1. The molecule has 3 rings (SSSR count). The first-order valence-corrected chi connectivity index (χ1v) is 11.3. The Bertz CT molecular complexity index is 990. The third-order valence-electron chi connectivity index (χ3n) is 5.08. The molecule has 1 amide bonds. The highest BCUT2D eigenvalue weighted by Gasteiger charge is 2.34. The quantitative estimate of drug-likeness (QED) is 0.696. The Morgan fingerprint density at radius 3 is 2.29 bits per heavy atom. The van der Waals surface area contributed by atoms with Crippen LogP contribution in [0.4, 0.5) is 13.2 Å². The number of hydrogen-bond acceptors (Lipinski definition) is 4. The van der Waals surface area contributed by atoms with E-state index in [4.69, 9.17) is 0 Å². The minimum atomic E-state index is -4.61. The highest BCUT2D eigenvalue weighted by molar-refractivity contribution is 7.89. The van der Waals surface area contributed by atoms with Crippen LogP contribution in [0, 0.1) is 0 Å². The Balaban J connectivity index is 1.49. The molecule has 1 N–H and O–H groups in total. The van der Waals surface area contributed by atoms with E-state index in [1.807, 2.05) is 35.2 Å². The maximum atomic E-state index is 12.9. The zero-order chi connectivity index (χ0) is 22.5. The molecule has 0 unspecified atom stereocenters. The van der Waals surface area contributed by atoms with Crippen LogP contribution >= 0.6 is 0 Å². The Morgan fingerprint density at radius 1 is 0.968 bits per heavy atom. The minimum absolute atomic E-state index is 0.107. The molecule has 0 aromatic heterocycles. The number of sulfonamides is 1. The predicted octanol–water partition coefficient (Wildman–Crippen LogP) is 2.37. The number of nitrogens with zero attached hydrogens (tertiary/aromatic N) is 2. The zero-order valence-corrected chi connectivity index (χ0v) is 17.6. The fraction of sp³-hybridized carbons (Fsp3) is 0.381. The smallest absolute Gasteiger partial charge is 0.355 e. The van der Waals surface area contributed by atoms with Crippen molar-refractivity contribution in [3.63, 3.8) is 0 Å². The molecule has 1 aliphatic heterocycles. The van der Waals surface area contributed by atoms with Crippen molar-refractivity contribution in [2.24, 2.45) is 0 Å². The SMILES string of the molecule is O=C(CN1CCN(S(=O)(=O)c2cccc(C(F)(F)F)c2)CC1)NCCc1ccccc1. The van der Waals surface area contributed by atoms with Crippen molar-refractivity contribution in [1.82, 2.24) is 14.5 Å². The van der Waals surface area contributed by atoms with E-state index in [1.165, 1.54) is 0 Å². The molecule has 0 radical (unpaired) electrons. The van der Waals surface area contributed by atoms with Gasteiger partial charge in [0.25, 0.3) is 0 Å². The second-order valence-electron chi connectivity index (χ2n) is 7.29. The summed E-state index contributed by atoms with van der Waals surface area (Å²) >= 11 is 0. The largest absolute Gasteiger partial charge is 0.416 e. The summed E-state index contributed by atoms with van der Waals surface area (Å²) in [5.74, 6) is -0.148. The van der Waals surface area contributed by atoms with Crippen LogP contribution in [0.5, 0.6) is 0 Å². The van der Waals surface area contributed by atoms with Crippen LogP contribution in [-0.4, -0.2) is 62.8 Å². The van der Waals surface area contributed by atoms with E-state index in [-0.39, 0.29) is 30.4 Å². The Hall–Kier alpha value is -2.43. The van der Waals surface area contributed by atoms with Gasteiger partial charge in [-0.2, -0.15) is 17.5 Å². The Labute approximate surface area is 179 Å². The second-order valence-corrected chi connectivity index (χ2v) is 9.23. The van der Waals surface area contributed by atoms with Crippen LogP contribution in [0.1, 0.15) is 11.1 Å². The molecule has 168 valence electrons. The van der Waals surface area contributed by atoms with Gasteiger partial charge in [-0.15, -0.1) is 0 Å². The van der Waals surface area contributed by atoms with E-state index in [1.54, 1.807) is 0 Å². The molecule has 0 spiro atoms. The summed E-state index contributed by atoms with van der Waals surface area (Å²) in [7, 11) is -4.04. The first kappa shape index (κ1) is 23.2. The average molecular weight is 456 g/mol.